The quantitative estimate of drug-likeness (QED) is 0.762. The SMILES string of the molecule is COCCNC(=O)[C@@H]1c2ccccc2C(=O)N(C2CCCCC2)C12CCCCC2. The maximum absolute atomic E-state index is 13.8. The zero-order chi connectivity index (χ0) is 20.3. The van der Waals surface area contributed by atoms with E-state index < -0.39 is 0 Å². The summed E-state index contributed by atoms with van der Waals surface area (Å²) in [5.74, 6) is -0.101. The van der Waals surface area contributed by atoms with Crippen LogP contribution in [0.25, 0.3) is 0 Å². The number of benzene rings is 1. The molecule has 5 nitrogen and oxygen atoms in total. The first-order valence-corrected chi connectivity index (χ1v) is 11.4. The molecule has 1 spiro atoms. The summed E-state index contributed by atoms with van der Waals surface area (Å²) in [4.78, 5) is 29.5. The number of nitrogens with zero attached hydrogens (tertiary/aromatic N) is 1. The van der Waals surface area contributed by atoms with Crippen molar-refractivity contribution in [3.63, 3.8) is 0 Å². The van der Waals surface area contributed by atoms with Gasteiger partial charge in [-0.1, -0.05) is 56.7 Å². The van der Waals surface area contributed by atoms with Gasteiger partial charge in [-0.05, 0) is 37.3 Å². The van der Waals surface area contributed by atoms with E-state index in [4.69, 9.17) is 4.74 Å². The molecule has 0 radical (unpaired) electrons. The van der Waals surface area contributed by atoms with Crippen LogP contribution in [0.2, 0.25) is 0 Å². The smallest absolute Gasteiger partial charge is 0.254 e. The third kappa shape index (κ3) is 3.70. The lowest BCUT2D eigenvalue weighted by Crippen LogP contribution is -2.65. The molecule has 1 aromatic carbocycles. The highest BCUT2D eigenvalue weighted by Crippen LogP contribution is 2.51. The van der Waals surface area contributed by atoms with E-state index in [1.54, 1.807) is 7.11 Å². The van der Waals surface area contributed by atoms with Gasteiger partial charge in [0, 0.05) is 25.3 Å². The van der Waals surface area contributed by atoms with E-state index >= 15 is 0 Å². The second kappa shape index (κ2) is 8.86. The Labute approximate surface area is 174 Å². The van der Waals surface area contributed by atoms with Crippen LogP contribution in [-0.4, -0.2) is 48.6 Å². The monoisotopic (exact) mass is 398 g/mol. The fraction of sp³-hybridized carbons (Fsp3) is 0.667. The maximum atomic E-state index is 13.8. The first-order valence-electron chi connectivity index (χ1n) is 11.4. The molecule has 1 N–H and O–H groups in total. The van der Waals surface area contributed by atoms with E-state index in [1.165, 1.54) is 25.7 Å². The summed E-state index contributed by atoms with van der Waals surface area (Å²) >= 11 is 0. The summed E-state index contributed by atoms with van der Waals surface area (Å²) in [5.41, 5.74) is 1.26. The highest BCUT2D eigenvalue weighted by molar-refractivity contribution is 6.02. The van der Waals surface area contributed by atoms with Crippen LogP contribution in [0.4, 0.5) is 0 Å². The van der Waals surface area contributed by atoms with Crippen LogP contribution in [0.3, 0.4) is 0 Å². The van der Waals surface area contributed by atoms with Crippen LogP contribution in [0, 0.1) is 0 Å². The number of nitrogens with one attached hydrogen (secondary N) is 1. The Bertz CT molecular complexity index is 735. The van der Waals surface area contributed by atoms with Crippen LogP contribution in [-0.2, 0) is 9.53 Å². The molecule has 2 fully saturated rings. The lowest BCUT2D eigenvalue weighted by molar-refractivity contribution is -0.128. The zero-order valence-electron chi connectivity index (χ0n) is 17.6. The minimum Gasteiger partial charge on any atom is -0.383 e. The molecule has 29 heavy (non-hydrogen) atoms. The minimum absolute atomic E-state index is 0.0460. The van der Waals surface area contributed by atoms with Gasteiger partial charge >= 0.3 is 0 Å². The largest absolute Gasteiger partial charge is 0.383 e. The van der Waals surface area contributed by atoms with Crippen molar-refractivity contribution in [3.8, 4) is 0 Å². The van der Waals surface area contributed by atoms with Crippen molar-refractivity contribution in [3.05, 3.63) is 35.4 Å². The molecule has 1 heterocycles. The Balaban J connectivity index is 1.79. The molecule has 1 atom stereocenters. The summed E-state index contributed by atoms with van der Waals surface area (Å²) in [7, 11) is 1.65. The molecule has 4 rings (SSSR count). The van der Waals surface area contributed by atoms with Crippen molar-refractivity contribution in [2.75, 3.05) is 20.3 Å². The van der Waals surface area contributed by atoms with Crippen molar-refractivity contribution in [2.45, 2.75) is 81.7 Å². The van der Waals surface area contributed by atoms with Gasteiger partial charge in [-0.3, -0.25) is 9.59 Å². The van der Waals surface area contributed by atoms with Crippen molar-refractivity contribution < 1.29 is 14.3 Å². The summed E-state index contributed by atoms with van der Waals surface area (Å²) in [6.07, 6.45) is 10.9. The Morgan fingerprint density at radius 3 is 2.52 bits per heavy atom. The van der Waals surface area contributed by atoms with Gasteiger partial charge in [-0.25, -0.2) is 0 Å². The molecule has 1 aliphatic heterocycles. The molecule has 1 aromatic rings. The predicted octanol–water partition coefficient (Wildman–Crippen LogP) is 4.02. The number of amides is 2. The van der Waals surface area contributed by atoms with E-state index in [1.807, 2.05) is 24.3 Å². The van der Waals surface area contributed by atoms with E-state index in [2.05, 4.69) is 10.2 Å². The number of rotatable bonds is 5. The Hall–Kier alpha value is -1.88. The average Bonchev–Trinajstić information content (AvgIpc) is 2.75. The zero-order valence-corrected chi connectivity index (χ0v) is 17.6. The van der Waals surface area contributed by atoms with Crippen molar-refractivity contribution >= 4 is 11.8 Å². The highest BCUT2D eigenvalue weighted by Gasteiger charge is 2.56. The molecule has 0 bridgehead atoms. The number of fused-ring (bicyclic) bond motifs is 1. The van der Waals surface area contributed by atoms with Gasteiger partial charge in [0.2, 0.25) is 5.91 Å². The van der Waals surface area contributed by atoms with Crippen LogP contribution < -0.4 is 5.32 Å². The minimum atomic E-state index is -0.386. The van der Waals surface area contributed by atoms with Gasteiger partial charge in [0.15, 0.2) is 0 Å². The van der Waals surface area contributed by atoms with Crippen molar-refractivity contribution in [1.29, 1.82) is 0 Å². The van der Waals surface area contributed by atoms with Crippen molar-refractivity contribution in [1.82, 2.24) is 10.2 Å². The summed E-state index contributed by atoms with van der Waals surface area (Å²) in [5, 5.41) is 3.10. The molecule has 5 heteroatoms. The molecule has 2 saturated carbocycles. The van der Waals surface area contributed by atoms with Gasteiger partial charge in [0.1, 0.15) is 0 Å². The van der Waals surface area contributed by atoms with E-state index in [-0.39, 0.29) is 29.3 Å². The van der Waals surface area contributed by atoms with Crippen LogP contribution >= 0.6 is 0 Å². The topological polar surface area (TPSA) is 58.6 Å². The lowest BCUT2D eigenvalue weighted by Gasteiger charge is -2.57. The third-order valence-electron chi connectivity index (χ3n) is 7.26. The molecular weight excluding hydrogens is 364 g/mol. The van der Waals surface area contributed by atoms with E-state index in [0.717, 1.165) is 49.7 Å². The van der Waals surface area contributed by atoms with Crippen molar-refractivity contribution in [2.24, 2.45) is 0 Å². The Morgan fingerprint density at radius 2 is 1.79 bits per heavy atom. The van der Waals surface area contributed by atoms with Crippen LogP contribution in [0.1, 0.15) is 86.0 Å². The molecule has 0 unspecified atom stereocenters. The molecule has 0 saturated heterocycles. The number of methoxy groups -OCH3 is 1. The number of hydrogen-bond acceptors (Lipinski definition) is 3. The number of ether oxygens (including phenoxy) is 1. The first-order chi connectivity index (χ1) is 14.2. The summed E-state index contributed by atoms with van der Waals surface area (Å²) in [6, 6.07) is 8.07. The molecule has 3 aliphatic rings. The summed E-state index contributed by atoms with van der Waals surface area (Å²) < 4.78 is 5.14. The van der Waals surface area contributed by atoms with Gasteiger partial charge in [-0.15, -0.1) is 0 Å². The fourth-order valence-electron chi connectivity index (χ4n) is 6.03. The maximum Gasteiger partial charge on any atom is 0.254 e. The highest BCUT2D eigenvalue weighted by atomic mass is 16.5. The van der Waals surface area contributed by atoms with Gasteiger partial charge in [0.25, 0.3) is 5.91 Å². The average molecular weight is 399 g/mol. The Kier molecular flexibility index (Phi) is 6.23. The normalized spacial score (nSPS) is 24.4. The molecule has 2 amide bonds. The van der Waals surface area contributed by atoms with Crippen LogP contribution in [0.5, 0.6) is 0 Å². The standard InChI is InChI=1S/C24H34N2O3/c1-29-17-16-25-22(27)21-19-12-6-7-13-20(19)23(28)26(18-10-4-2-5-11-18)24(21)14-8-3-9-15-24/h6-7,12-13,18,21H,2-5,8-11,14-17H2,1H3,(H,25,27)/t21-/m0/s1. The molecular formula is C24H34N2O3. The lowest BCUT2D eigenvalue weighted by atomic mass is 9.64. The third-order valence-corrected chi connectivity index (χ3v) is 7.26. The van der Waals surface area contributed by atoms with Gasteiger partial charge < -0.3 is 15.0 Å². The fourth-order valence-corrected chi connectivity index (χ4v) is 6.03. The molecule has 0 aromatic heterocycles. The number of hydrogen-bond donors (Lipinski definition) is 1. The molecule has 158 valence electrons. The number of carbonyl (C=O) groups is 2. The van der Waals surface area contributed by atoms with Crippen LogP contribution in [0.15, 0.2) is 24.3 Å². The second-order valence-corrected chi connectivity index (χ2v) is 8.94. The van der Waals surface area contributed by atoms with E-state index in [0.29, 0.717) is 13.2 Å². The predicted molar refractivity (Wildman–Crippen MR) is 113 cm³/mol. The molecule has 2 aliphatic carbocycles. The second-order valence-electron chi connectivity index (χ2n) is 8.94. The Morgan fingerprint density at radius 1 is 1.10 bits per heavy atom. The van der Waals surface area contributed by atoms with Gasteiger partial charge in [-0.2, -0.15) is 0 Å². The first kappa shape index (κ1) is 20.4. The summed E-state index contributed by atoms with van der Waals surface area (Å²) in [6.45, 7) is 1.000. The van der Waals surface area contributed by atoms with E-state index in [9.17, 15) is 9.59 Å². The van der Waals surface area contributed by atoms with Gasteiger partial charge in [0.05, 0.1) is 18.1 Å². The number of carbonyl (C=O) groups excluding carboxylic acids is 2.